The molecular formula is C18H25N3O3S. The van der Waals surface area contributed by atoms with Gasteiger partial charge in [0, 0.05) is 24.4 Å². The average Bonchev–Trinajstić information content (AvgIpc) is 2.61. The van der Waals surface area contributed by atoms with Crippen molar-refractivity contribution in [3.8, 4) is 11.5 Å². The predicted octanol–water partition coefficient (Wildman–Crippen LogP) is 2.37. The summed E-state index contributed by atoms with van der Waals surface area (Å²) in [5.74, 6) is 1.33. The Kier molecular flexibility index (Phi) is 6.25. The summed E-state index contributed by atoms with van der Waals surface area (Å²) in [6.45, 7) is 7.07. The van der Waals surface area contributed by atoms with E-state index in [-0.39, 0.29) is 5.91 Å². The number of hydrogen-bond donors (Lipinski definition) is 2. The van der Waals surface area contributed by atoms with Crippen LogP contribution in [-0.4, -0.2) is 43.2 Å². The van der Waals surface area contributed by atoms with Crippen molar-refractivity contribution in [2.45, 2.75) is 26.8 Å². The van der Waals surface area contributed by atoms with E-state index in [9.17, 15) is 4.79 Å². The second-order valence-corrected chi connectivity index (χ2v) is 6.06. The number of methoxy groups -OCH3 is 2. The van der Waals surface area contributed by atoms with Crippen molar-refractivity contribution in [2.75, 3.05) is 27.3 Å². The molecule has 0 spiro atoms. The number of thiocarbonyl (C=S) groups is 1. The average molecular weight is 363 g/mol. The molecule has 1 aliphatic heterocycles. The smallest absolute Gasteiger partial charge is 0.253 e. The Hall–Kier alpha value is -2.28. The summed E-state index contributed by atoms with van der Waals surface area (Å²) in [5.41, 5.74) is 2.18. The zero-order chi connectivity index (χ0) is 18.6. The lowest BCUT2D eigenvalue weighted by Gasteiger charge is -2.33. The summed E-state index contributed by atoms with van der Waals surface area (Å²) in [5, 5.41) is 6.74. The minimum atomic E-state index is -0.410. The van der Waals surface area contributed by atoms with Crippen molar-refractivity contribution in [1.29, 1.82) is 0 Å². The van der Waals surface area contributed by atoms with Crippen LogP contribution in [0.15, 0.2) is 29.5 Å². The van der Waals surface area contributed by atoms with Crippen molar-refractivity contribution in [2.24, 2.45) is 0 Å². The van der Waals surface area contributed by atoms with Crippen LogP contribution in [-0.2, 0) is 4.79 Å². The summed E-state index contributed by atoms with van der Waals surface area (Å²) in [6, 6.07) is 5.11. The summed E-state index contributed by atoms with van der Waals surface area (Å²) in [4.78, 5) is 14.9. The van der Waals surface area contributed by atoms with E-state index in [4.69, 9.17) is 21.7 Å². The summed E-state index contributed by atoms with van der Waals surface area (Å²) in [6.07, 6.45) is 0. The Morgan fingerprint density at radius 1 is 1.24 bits per heavy atom. The number of hydrogen-bond acceptors (Lipinski definition) is 4. The molecule has 1 aromatic rings. The van der Waals surface area contributed by atoms with Gasteiger partial charge < -0.3 is 25.0 Å². The van der Waals surface area contributed by atoms with E-state index in [1.54, 1.807) is 19.1 Å². The van der Waals surface area contributed by atoms with Gasteiger partial charge in [-0.1, -0.05) is 0 Å². The van der Waals surface area contributed by atoms with Gasteiger partial charge in [-0.2, -0.15) is 0 Å². The number of nitrogens with one attached hydrogen (secondary N) is 2. The van der Waals surface area contributed by atoms with Crippen molar-refractivity contribution in [1.82, 2.24) is 15.5 Å². The molecule has 0 aliphatic carbocycles. The van der Waals surface area contributed by atoms with Crippen LogP contribution in [0, 0.1) is 0 Å². The summed E-state index contributed by atoms with van der Waals surface area (Å²) < 4.78 is 10.8. The molecule has 0 saturated heterocycles. The van der Waals surface area contributed by atoms with E-state index in [0.29, 0.717) is 35.3 Å². The third-order valence-corrected chi connectivity index (χ3v) is 4.52. The third kappa shape index (κ3) is 3.87. The first kappa shape index (κ1) is 19.1. The number of nitrogens with zero attached hydrogens (tertiary/aromatic N) is 1. The Labute approximate surface area is 154 Å². The fourth-order valence-corrected chi connectivity index (χ4v) is 3.23. The molecule has 1 amide bonds. The second kappa shape index (κ2) is 8.20. The topological polar surface area (TPSA) is 62.8 Å². The van der Waals surface area contributed by atoms with Gasteiger partial charge in [0.05, 0.1) is 25.8 Å². The molecule has 136 valence electrons. The Bertz CT molecular complexity index is 699. The van der Waals surface area contributed by atoms with Gasteiger partial charge in [-0.3, -0.25) is 4.79 Å². The maximum atomic E-state index is 13.1. The maximum absolute atomic E-state index is 13.1. The van der Waals surface area contributed by atoms with Crippen molar-refractivity contribution >= 4 is 23.2 Å². The van der Waals surface area contributed by atoms with Gasteiger partial charge in [0.1, 0.15) is 11.5 Å². The molecule has 2 N–H and O–H groups in total. The summed E-state index contributed by atoms with van der Waals surface area (Å²) in [7, 11) is 3.21. The van der Waals surface area contributed by atoms with Crippen LogP contribution in [0.2, 0.25) is 0 Å². The van der Waals surface area contributed by atoms with Gasteiger partial charge in [0.15, 0.2) is 5.11 Å². The van der Waals surface area contributed by atoms with E-state index in [1.807, 2.05) is 39.0 Å². The Morgan fingerprint density at radius 2 is 1.92 bits per heavy atom. The molecule has 1 aliphatic rings. The number of amides is 1. The number of rotatable bonds is 6. The minimum Gasteiger partial charge on any atom is -0.497 e. The second-order valence-electron chi connectivity index (χ2n) is 5.66. The molecule has 0 radical (unpaired) electrons. The monoisotopic (exact) mass is 363 g/mol. The van der Waals surface area contributed by atoms with E-state index in [0.717, 1.165) is 11.3 Å². The highest BCUT2D eigenvalue weighted by molar-refractivity contribution is 7.80. The SMILES string of the molecule is CCN(CC)C(=O)C1=C(C)NC(=S)N[C@H]1c1cc(OC)ccc1OC. The standard InChI is InChI=1S/C18H25N3O3S/c1-6-21(7-2)17(22)15-11(3)19-18(25)20-16(15)13-10-12(23-4)8-9-14(13)24-5/h8-10,16H,6-7H2,1-5H3,(H2,19,20,25)/t16-/m0/s1. The van der Waals surface area contributed by atoms with Crippen molar-refractivity contribution < 1.29 is 14.3 Å². The van der Waals surface area contributed by atoms with Gasteiger partial charge in [0.25, 0.3) is 5.91 Å². The van der Waals surface area contributed by atoms with Crippen molar-refractivity contribution in [3.63, 3.8) is 0 Å². The normalized spacial score (nSPS) is 16.8. The lowest BCUT2D eigenvalue weighted by molar-refractivity contribution is -0.127. The molecule has 1 aromatic carbocycles. The van der Waals surface area contributed by atoms with Gasteiger partial charge >= 0.3 is 0 Å². The lowest BCUT2D eigenvalue weighted by atomic mass is 9.93. The number of ether oxygens (including phenoxy) is 2. The zero-order valence-corrected chi connectivity index (χ0v) is 16.1. The number of carbonyl (C=O) groups is 1. The van der Waals surface area contributed by atoms with Gasteiger partial charge in [-0.25, -0.2) is 0 Å². The van der Waals surface area contributed by atoms with Crippen LogP contribution < -0.4 is 20.1 Å². The first-order valence-electron chi connectivity index (χ1n) is 8.26. The highest BCUT2D eigenvalue weighted by Crippen LogP contribution is 2.36. The van der Waals surface area contributed by atoms with Crippen LogP contribution >= 0.6 is 12.2 Å². The molecule has 0 saturated carbocycles. The molecule has 0 fully saturated rings. The van der Waals surface area contributed by atoms with E-state index < -0.39 is 6.04 Å². The van der Waals surface area contributed by atoms with Gasteiger partial charge in [-0.05, 0) is 51.2 Å². The number of benzene rings is 1. The largest absolute Gasteiger partial charge is 0.497 e. The quantitative estimate of drug-likeness (QED) is 0.757. The van der Waals surface area contributed by atoms with Gasteiger partial charge in [0.2, 0.25) is 0 Å². The highest BCUT2D eigenvalue weighted by atomic mass is 32.1. The Balaban J connectivity index is 2.58. The van der Waals surface area contributed by atoms with Crippen LogP contribution in [0.1, 0.15) is 32.4 Å². The van der Waals surface area contributed by atoms with Crippen LogP contribution in [0.5, 0.6) is 11.5 Å². The molecule has 0 aromatic heterocycles. The van der Waals surface area contributed by atoms with Crippen molar-refractivity contribution in [3.05, 3.63) is 35.0 Å². The lowest BCUT2D eigenvalue weighted by Crippen LogP contribution is -2.47. The molecule has 0 unspecified atom stereocenters. The molecule has 6 nitrogen and oxygen atoms in total. The molecular weight excluding hydrogens is 338 g/mol. The number of allylic oxidation sites excluding steroid dienone is 1. The third-order valence-electron chi connectivity index (χ3n) is 4.30. The first-order chi connectivity index (χ1) is 12.0. The molecule has 1 heterocycles. The highest BCUT2D eigenvalue weighted by Gasteiger charge is 2.33. The van der Waals surface area contributed by atoms with E-state index in [2.05, 4.69) is 10.6 Å². The molecule has 7 heteroatoms. The summed E-state index contributed by atoms with van der Waals surface area (Å²) >= 11 is 5.31. The van der Waals surface area contributed by atoms with E-state index >= 15 is 0 Å². The molecule has 25 heavy (non-hydrogen) atoms. The fourth-order valence-electron chi connectivity index (χ4n) is 2.96. The molecule has 2 rings (SSSR count). The Morgan fingerprint density at radius 3 is 2.48 bits per heavy atom. The van der Waals surface area contributed by atoms with Crippen LogP contribution in [0.25, 0.3) is 0 Å². The van der Waals surface area contributed by atoms with Crippen LogP contribution in [0.4, 0.5) is 0 Å². The predicted molar refractivity (Wildman–Crippen MR) is 102 cm³/mol. The fraction of sp³-hybridized carbons (Fsp3) is 0.444. The minimum absolute atomic E-state index is 0.0279. The zero-order valence-electron chi connectivity index (χ0n) is 15.3. The molecule has 1 atom stereocenters. The van der Waals surface area contributed by atoms with E-state index in [1.165, 1.54) is 0 Å². The first-order valence-corrected chi connectivity index (χ1v) is 8.67. The maximum Gasteiger partial charge on any atom is 0.253 e. The number of likely N-dealkylation sites (N-methyl/N-ethyl adjacent to an activating group) is 1. The molecule has 0 bridgehead atoms. The van der Waals surface area contributed by atoms with Crippen LogP contribution in [0.3, 0.4) is 0 Å². The van der Waals surface area contributed by atoms with Gasteiger partial charge in [-0.15, -0.1) is 0 Å². The number of carbonyl (C=O) groups excluding carboxylic acids is 1.